The van der Waals surface area contributed by atoms with Crippen molar-refractivity contribution in [3.8, 4) is 0 Å². The highest BCUT2D eigenvalue weighted by Gasteiger charge is 2.13. The minimum atomic E-state index is 0.151. The van der Waals surface area contributed by atoms with Crippen LogP contribution in [-0.2, 0) is 4.79 Å². The van der Waals surface area contributed by atoms with Gasteiger partial charge in [-0.15, -0.1) is 0 Å². The van der Waals surface area contributed by atoms with Crippen molar-refractivity contribution in [1.29, 1.82) is 0 Å². The van der Waals surface area contributed by atoms with E-state index in [4.69, 9.17) is 0 Å². The number of halogens is 1. The smallest absolute Gasteiger partial charge is 0.234 e. The van der Waals surface area contributed by atoms with Crippen molar-refractivity contribution in [2.75, 3.05) is 24.2 Å². The van der Waals surface area contributed by atoms with Crippen molar-refractivity contribution in [2.24, 2.45) is 0 Å². The zero-order valence-corrected chi connectivity index (χ0v) is 7.22. The van der Waals surface area contributed by atoms with Crippen LogP contribution in [0.4, 0.5) is 0 Å². The first kappa shape index (κ1) is 7.27. The number of rotatable bonds is 1. The van der Waals surface area contributed by atoms with Gasteiger partial charge in [-0.1, -0.05) is 22.6 Å². The first-order valence-electron chi connectivity index (χ1n) is 2.88. The predicted octanol–water partition coefficient (Wildman–Crippen LogP) is -0.189. The monoisotopic (exact) mass is 240 g/mol. The molecule has 0 aliphatic carbocycles. The van der Waals surface area contributed by atoms with Gasteiger partial charge in [0.15, 0.2) is 0 Å². The maximum Gasteiger partial charge on any atom is 0.234 e. The van der Waals surface area contributed by atoms with Crippen molar-refractivity contribution in [3.63, 3.8) is 0 Å². The molecule has 4 heteroatoms. The van der Waals surface area contributed by atoms with Gasteiger partial charge in [-0.3, -0.25) is 9.69 Å². The summed E-state index contributed by atoms with van der Waals surface area (Å²) in [6, 6.07) is 0. The lowest BCUT2D eigenvalue weighted by Crippen LogP contribution is -2.46. The zero-order valence-electron chi connectivity index (χ0n) is 5.06. The molecule has 0 aromatic rings. The second-order valence-electron chi connectivity index (χ2n) is 2.02. The molecule has 1 aliphatic rings. The maximum atomic E-state index is 10.7. The van der Waals surface area contributed by atoms with E-state index < -0.39 is 0 Å². The Morgan fingerprint density at radius 3 is 3.00 bits per heavy atom. The molecule has 1 aliphatic heterocycles. The molecule has 0 radical (unpaired) electrons. The fourth-order valence-electron chi connectivity index (χ4n) is 0.794. The molecule has 1 rings (SSSR count). The second-order valence-corrected chi connectivity index (χ2v) is 2.70. The Hall–Kier alpha value is 0.160. The molecule has 0 unspecified atom stereocenters. The Morgan fingerprint density at radius 1 is 1.78 bits per heavy atom. The van der Waals surface area contributed by atoms with Gasteiger partial charge in [-0.2, -0.15) is 0 Å². The highest BCUT2D eigenvalue weighted by molar-refractivity contribution is 14.1. The second kappa shape index (κ2) is 3.36. The van der Waals surface area contributed by atoms with Gasteiger partial charge in [-0.05, 0) is 0 Å². The summed E-state index contributed by atoms with van der Waals surface area (Å²) in [7, 11) is 0. The van der Waals surface area contributed by atoms with E-state index >= 15 is 0 Å². The van der Waals surface area contributed by atoms with Crippen LogP contribution in [0.25, 0.3) is 0 Å². The molecule has 0 saturated carbocycles. The van der Waals surface area contributed by atoms with Crippen molar-refractivity contribution in [3.05, 3.63) is 0 Å². The number of nitrogens with one attached hydrogen (secondary N) is 1. The lowest BCUT2D eigenvalue weighted by Gasteiger charge is -2.23. The van der Waals surface area contributed by atoms with Crippen molar-refractivity contribution in [2.45, 2.75) is 0 Å². The number of hydrogen-bond acceptors (Lipinski definition) is 2. The van der Waals surface area contributed by atoms with Crippen molar-refractivity contribution < 1.29 is 4.79 Å². The molecule has 0 spiro atoms. The number of alkyl halides is 1. The molecule has 0 atom stereocenters. The minimum absolute atomic E-state index is 0.151. The number of piperazine rings is 1. The third-order valence-corrected chi connectivity index (χ3v) is 2.25. The number of carbonyl (C=O) groups excluding carboxylic acids is 1. The molecule has 3 nitrogen and oxygen atoms in total. The van der Waals surface area contributed by atoms with Crippen LogP contribution in [0.2, 0.25) is 0 Å². The van der Waals surface area contributed by atoms with Gasteiger partial charge < -0.3 is 5.32 Å². The Kier molecular flexibility index (Phi) is 2.71. The van der Waals surface area contributed by atoms with Gasteiger partial charge in [-0.25, -0.2) is 0 Å². The summed E-state index contributed by atoms with van der Waals surface area (Å²) in [5, 5.41) is 2.76. The summed E-state index contributed by atoms with van der Waals surface area (Å²) in [5.41, 5.74) is 0. The van der Waals surface area contributed by atoms with E-state index in [1.165, 1.54) is 0 Å². The van der Waals surface area contributed by atoms with Gasteiger partial charge >= 0.3 is 0 Å². The fraction of sp³-hybridized carbons (Fsp3) is 0.800. The summed E-state index contributed by atoms with van der Waals surface area (Å²) < 4.78 is 0.950. The molecular weight excluding hydrogens is 231 g/mol. The Labute approximate surface area is 67.9 Å². The third-order valence-electron chi connectivity index (χ3n) is 1.29. The topological polar surface area (TPSA) is 32.3 Å². The molecule has 0 aromatic heterocycles. The lowest BCUT2D eigenvalue weighted by atomic mass is 10.4. The normalized spacial score (nSPS) is 21.7. The Morgan fingerprint density at radius 2 is 2.56 bits per heavy atom. The Bertz CT molecular complexity index is 118. The molecule has 1 saturated heterocycles. The van der Waals surface area contributed by atoms with E-state index in [1.54, 1.807) is 0 Å². The van der Waals surface area contributed by atoms with E-state index in [-0.39, 0.29) is 5.91 Å². The number of hydrogen-bond donors (Lipinski definition) is 1. The van der Waals surface area contributed by atoms with Gasteiger partial charge in [0.2, 0.25) is 5.91 Å². The quantitative estimate of drug-likeness (QED) is 0.391. The van der Waals surface area contributed by atoms with Gasteiger partial charge in [0.25, 0.3) is 0 Å². The van der Waals surface area contributed by atoms with Crippen molar-refractivity contribution >= 4 is 28.5 Å². The van der Waals surface area contributed by atoms with E-state index in [0.29, 0.717) is 6.54 Å². The minimum Gasteiger partial charge on any atom is -0.354 e. The first-order valence-corrected chi connectivity index (χ1v) is 4.40. The predicted molar refractivity (Wildman–Crippen MR) is 43.5 cm³/mol. The van der Waals surface area contributed by atoms with E-state index in [2.05, 4.69) is 32.8 Å². The van der Waals surface area contributed by atoms with Crippen LogP contribution >= 0.6 is 22.6 Å². The zero-order chi connectivity index (χ0) is 6.69. The van der Waals surface area contributed by atoms with E-state index in [0.717, 1.165) is 17.6 Å². The van der Waals surface area contributed by atoms with Crippen LogP contribution in [0.5, 0.6) is 0 Å². The average Bonchev–Trinajstić information content (AvgIpc) is 1.88. The van der Waals surface area contributed by atoms with Crippen LogP contribution in [0.1, 0.15) is 0 Å². The van der Waals surface area contributed by atoms with E-state index in [1.807, 2.05) is 0 Å². The van der Waals surface area contributed by atoms with Crippen LogP contribution in [0.15, 0.2) is 0 Å². The number of carbonyl (C=O) groups is 1. The summed E-state index contributed by atoms with van der Waals surface area (Å²) in [6.45, 7) is 2.37. The number of nitrogens with zero attached hydrogens (tertiary/aromatic N) is 1. The molecule has 1 amide bonds. The number of amides is 1. The maximum absolute atomic E-state index is 10.7. The summed E-state index contributed by atoms with van der Waals surface area (Å²) in [4.78, 5) is 12.8. The summed E-state index contributed by atoms with van der Waals surface area (Å²) >= 11 is 2.26. The fourth-order valence-corrected chi connectivity index (χ4v) is 1.38. The van der Waals surface area contributed by atoms with Crippen LogP contribution < -0.4 is 5.32 Å². The van der Waals surface area contributed by atoms with Gasteiger partial charge in [0.05, 0.1) is 11.1 Å². The molecule has 1 fully saturated rings. The third kappa shape index (κ3) is 2.09. The summed E-state index contributed by atoms with van der Waals surface area (Å²) in [5.74, 6) is 0.151. The first-order chi connectivity index (χ1) is 4.33. The SMILES string of the molecule is O=C1CN(CI)CCN1. The molecule has 0 bridgehead atoms. The van der Waals surface area contributed by atoms with Crippen LogP contribution in [0.3, 0.4) is 0 Å². The average molecular weight is 240 g/mol. The van der Waals surface area contributed by atoms with E-state index in [9.17, 15) is 4.79 Å². The van der Waals surface area contributed by atoms with Gasteiger partial charge in [0.1, 0.15) is 0 Å². The van der Waals surface area contributed by atoms with Crippen LogP contribution in [0, 0.1) is 0 Å². The molecule has 1 N–H and O–H groups in total. The highest BCUT2D eigenvalue weighted by atomic mass is 127. The molecule has 52 valence electrons. The lowest BCUT2D eigenvalue weighted by molar-refractivity contribution is -0.123. The molecule has 0 aromatic carbocycles. The molecular formula is C5H9IN2O. The molecule has 9 heavy (non-hydrogen) atoms. The summed E-state index contributed by atoms with van der Waals surface area (Å²) in [6.07, 6.45) is 0. The van der Waals surface area contributed by atoms with Crippen LogP contribution in [-0.4, -0.2) is 35.0 Å². The highest BCUT2D eigenvalue weighted by Crippen LogP contribution is 1.95. The standard InChI is InChI=1S/C5H9IN2O/c6-4-8-2-1-7-5(9)3-8/h1-4H2,(H,7,9). The Balaban J connectivity index is 2.32. The largest absolute Gasteiger partial charge is 0.354 e. The molecule has 1 heterocycles. The van der Waals surface area contributed by atoms with Gasteiger partial charge in [0, 0.05) is 13.1 Å². The van der Waals surface area contributed by atoms with Crippen molar-refractivity contribution in [1.82, 2.24) is 10.2 Å².